The molecule has 210 valence electrons. The predicted octanol–water partition coefficient (Wildman–Crippen LogP) is 6.72. The van der Waals surface area contributed by atoms with E-state index in [2.05, 4.69) is 71.9 Å². The third-order valence-electron chi connectivity index (χ3n) is 7.42. The van der Waals surface area contributed by atoms with E-state index in [1.165, 1.54) is 0 Å². The highest BCUT2D eigenvalue weighted by Gasteiger charge is 2.41. The molecular formula is C32H39N5O3. The topological polar surface area (TPSA) is 89.8 Å². The summed E-state index contributed by atoms with van der Waals surface area (Å²) in [6, 6.07) is 16.8. The third kappa shape index (κ3) is 5.54. The van der Waals surface area contributed by atoms with E-state index >= 15 is 0 Å². The number of carbonyl (C=O) groups excluding carboxylic acids is 1. The molecule has 40 heavy (non-hydrogen) atoms. The molecule has 8 nitrogen and oxygen atoms in total. The van der Waals surface area contributed by atoms with Gasteiger partial charge in [0.2, 0.25) is 5.78 Å². The van der Waals surface area contributed by atoms with Crippen LogP contribution in [0.3, 0.4) is 0 Å². The number of fused-ring (bicyclic) bond motifs is 1. The number of carbonyl (C=O) groups is 1. The minimum absolute atomic E-state index is 0.0633. The van der Waals surface area contributed by atoms with Gasteiger partial charge in [-0.15, -0.1) is 0 Å². The molecule has 1 unspecified atom stereocenters. The number of amides is 1. The lowest BCUT2D eigenvalue weighted by Gasteiger charge is -2.43. The van der Waals surface area contributed by atoms with Crippen molar-refractivity contribution >= 4 is 17.7 Å². The minimum Gasteiger partial charge on any atom is -0.444 e. The highest BCUT2D eigenvalue weighted by Crippen LogP contribution is 2.43. The van der Waals surface area contributed by atoms with Crippen LogP contribution in [0, 0.1) is 6.92 Å². The Labute approximate surface area is 236 Å². The molecule has 2 N–H and O–H groups in total. The molecule has 2 heterocycles. The van der Waals surface area contributed by atoms with Crippen LogP contribution >= 0.6 is 0 Å². The smallest absolute Gasteiger partial charge is 0.408 e. The number of alkyl carbamates (subject to hydrolysis) is 1. The number of nitrogens with one attached hydrogen (secondary N) is 2. The summed E-state index contributed by atoms with van der Waals surface area (Å²) in [4.78, 5) is 22.2. The van der Waals surface area contributed by atoms with Crippen molar-refractivity contribution in [1.29, 1.82) is 0 Å². The van der Waals surface area contributed by atoms with Crippen LogP contribution in [0.1, 0.15) is 58.1 Å². The van der Waals surface area contributed by atoms with Gasteiger partial charge in [0, 0.05) is 36.7 Å². The number of aryl methyl sites for hydroxylation is 1. The number of imidazole rings is 1. The molecule has 0 saturated heterocycles. The van der Waals surface area contributed by atoms with Crippen LogP contribution in [0.4, 0.5) is 10.6 Å². The van der Waals surface area contributed by atoms with E-state index in [0.717, 1.165) is 58.6 Å². The van der Waals surface area contributed by atoms with E-state index in [1.807, 2.05) is 37.4 Å². The molecule has 1 saturated carbocycles. The summed E-state index contributed by atoms with van der Waals surface area (Å²) in [6.07, 6.45) is 6.13. The molecule has 1 atom stereocenters. The van der Waals surface area contributed by atoms with Gasteiger partial charge >= 0.3 is 6.09 Å². The fraction of sp³-hybridized carbons (Fsp3) is 0.406. The number of hydrogen-bond donors (Lipinski definition) is 2. The van der Waals surface area contributed by atoms with E-state index in [9.17, 15) is 4.79 Å². The monoisotopic (exact) mass is 541 g/mol. The van der Waals surface area contributed by atoms with Gasteiger partial charge < -0.3 is 20.1 Å². The van der Waals surface area contributed by atoms with Gasteiger partial charge in [0.05, 0.1) is 17.8 Å². The first-order valence-electron chi connectivity index (χ1n) is 13.9. The van der Waals surface area contributed by atoms with Crippen molar-refractivity contribution in [3.63, 3.8) is 0 Å². The third-order valence-corrected chi connectivity index (χ3v) is 7.42. The van der Waals surface area contributed by atoms with E-state index in [4.69, 9.17) is 14.5 Å². The fourth-order valence-electron chi connectivity index (χ4n) is 5.39. The first-order chi connectivity index (χ1) is 19.1. The number of anilines is 1. The Morgan fingerprint density at radius 3 is 2.48 bits per heavy atom. The van der Waals surface area contributed by atoms with Gasteiger partial charge in [0.15, 0.2) is 0 Å². The van der Waals surface area contributed by atoms with Crippen molar-refractivity contribution in [2.24, 2.45) is 0 Å². The molecule has 1 aliphatic rings. The highest BCUT2D eigenvalue weighted by molar-refractivity contribution is 5.91. The number of ether oxygens (including phenoxy) is 2. The van der Waals surface area contributed by atoms with Gasteiger partial charge in [-0.2, -0.15) is 0 Å². The molecule has 0 aliphatic heterocycles. The number of benzene rings is 2. The van der Waals surface area contributed by atoms with Crippen LogP contribution in [-0.4, -0.2) is 45.8 Å². The summed E-state index contributed by atoms with van der Waals surface area (Å²) in [5, 5.41) is 6.83. The zero-order valence-electron chi connectivity index (χ0n) is 24.2. The maximum absolute atomic E-state index is 12.7. The molecule has 0 radical (unpaired) electrons. The van der Waals surface area contributed by atoms with Crippen molar-refractivity contribution in [2.75, 3.05) is 19.0 Å². The van der Waals surface area contributed by atoms with Gasteiger partial charge in [0.25, 0.3) is 0 Å². The number of methoxy groups -OCH3 is 1. The van der Waals surface area contributed by atoms with Crippen molar-refractivity contribution in [1.82, 2.24) is 19.7 Å². The molecule has 4 aromatic rings. The second-order valence-corrected chi connectivity index (χ2v) is 11.7. The van der Waals surface area contributed by atoms with E-state index in [0.29, 0.717) is 12.4 Å². The van der Waals surface area contributed by atoms with Crippen LogP contribution < -0.4 is 10.6 Å². The van der Waals surface area contributed by atoms with Crippen LogP contribution in [0.5, 0.6) is 0 Å². The molecule has 5 rings (SSSR count). The lowest BCUT2D eigenvalue weighted by molar-refractivity contribution is 0.0377. The molecular weight excluding hydrogens is 502 g/mol. The van der Waals surface area contributed by atoms with Crippen LogP contribution in [0.25, 0.3) is 28.2 Å². The standard InChI is InChI=1S/C32H39N5O3/c1-21-10-7-8-11-25(21)26-27(35-29-33-18-19-37(29)28(26)34-22(2)20-39-6)23-12-14-24(15-13-23)32(16-9-17-32)36-30(38)40-31(3,4)5/h7-8,10-15,18-19,22,34H,9,16-17,20H2,1-6H3,(H,36,38). The quantitative estimate of drug-likeness (QED) is 0.257. The summed E-state index contributed by atoms with van der Waals surface area (Å²) >= 11 is 0. The molecule has 1 aliphatic carbocycles. The SMILES string of the molecule is COCC(C)Nc1c(-c2ccccc2C)c(-c2ccc(C3(NC(=O)OC(C)(C)C)CCC3)cc2)nc2nccn12. The van der Waals surface area contributed by atoms with Crippen molar-refractivity contribution in [3.8, 4) is 22.4 Å². The first kappa shape index (κ1) is 27.6. The molecule has 0 bridgehead atoms. The summed E-state index contributed by atoms with van der Waals surface area (Å²) in [5.41, 5.74) is 5.18. The van der Waals surface area contributed by atoms with Crippen LogP contribution in [0.2, 0.25) is 0 Å². The van der Waals surface area contributed by atoms with E-state index in [1.54, 1.807) is 13.3 Å². The molecule has 2 aromatic carbocycles. The van der Waals surface area contributed by atoms with Gasteiger partial charge in [-0.3, -0.25) is 4.40 Å². The summed E-state index contributed by atoms with van der Waals surface area (Å²) in [5.74, 6) is 1.54. The molecule has 8 heteroatoms. The lowest BCUT2D eigenvalue weighted by Crippen LogP contribution is -2.52. The largest absolute Gasteiger partial charge is 0.444 e. The average Bonchev–Trinajstić information content (AvgIpc) is 3.35. The minimum atomic E-state index is -0.547. The van der Waals surface area contributed by atoms with Gasteiger partial charge in [-0.05, 0) is 70.6 Å². The first-order valence-corrected chi connectivity index (χ1v) is 13.9. The Hall–Kier alpha value is -3.91. The molecule has 0 spiro atoms. The Bertz CT molecular complexity index is 1500. The molecule has 1 fully saturated rings. The Morgan fingerprint density at radius 2 is 1.85 bits per heavy atom. The number of nitrogens with zero attached hydrogens (tertiary/aromatic N) is 3. The second-order valence-electron chi connectivity index (χ2n) is 11.7. The zero-order valence-corrected chi connectivity index (χ0v) is 24.2. The summed E-state index contributed by atoms with van der Waals surface area (Å²) in [6.45, 7) is 10.4. The van der Waals surface area contributed by atoms with Crippen LogP contribution in [-0.2, 0) is 15.0 Å². The van der Waals surface area contributed by atoms with Crippen molar-refractivity contribution in [2.45, 2.75) is 71.1 Å². The Morgan fingerprint density at radius 1 is 1.12 bits per heavy atom. The number of aromatic nitrogens is 3. The number of rotatable bonds is 8. The predicted molar refractivity (Wildman–Crippen MR) is 158 cm³/mol. The van der Waals surface area contributed by atoms with Gasteiger partial charge in [-0.1, -0.05) is 48.5 Å². The van der Waals surface area contributed by atoms with E-state index in [-0.39, 0.29) is 12.1 Å². The number of hydrogen-bond acceptors (Lipinski definition) is 6. The van der Waals surface area contributed by atoms with E-state index < -0.39 is 11.1 Å². The maximum Gasteiger partial charge on any atom is 0.408 e. The van der Waals surface area contributed by atoms with Gasteiger partial charge in [-0.25, -0.2) is 14.8 Å². The lowest BCUT2D eigenvalue weighted by atomic mass is 9.71. The van der Waals surface area contributed by atoms with Crippen LogP contribution in [0.15, 0.2) is 60.9 Å². The summed E-state index contributed by atoms with van der Waals surface area (Å²) < 4.78 is 13.0. The highest BCUT2D eigenvalue weighted by atomic mass is 16.6. The molecule has 2 aromatic heterocycles. The summed E-state index contributed by atoms with van der Waals surface area (Å²) in [7, 11) is 1.71. The van der Waals surface area contributed by atoms with Crippen molar-refractivity contribution < 1.29 is 14.3 Å². The maximum atomic E-state index is 12.7. The zero-order chi connectivity index (χ0) is 28.5. The van der Waals surface area contributed by atoms with Crippen molar-refractivity contribution in [3.05, 3.63) is 72.1 Å². The fourth-order valence-corrected chi connectivity index (χ4v) is 5.39. The normalized spacial score (nSPS) is 15.3. The Balaban J connectivity index is 1.60. The second kappa shape index (κ2) is 10.9. The molecule has 1 amide bonds. The average molecular weight is 542 g/mol. The Kier molecular flexibility index (Phi) is 7.55. The van der Waals surface area contributed by atoms with Gasteiger partial charge in [0.1, 0.15) is 11.4 Å².